The number of nitrogens with one attached hydrogen (secondary N) is 8. The van der Waals surface area contributed by atoms with Crippen molar-refractivity contribution in [2.24, 2.45) is 5.92 Å². The molecule has 1 saturated carbocycles. The molecule has 764 valence electrons. The Labute approximate surface area is 804 Å². The van der Waals surface area contributed by atoms with Crippen molar-refractivity contribution < 1.29 is 152 Å². The van der Waals surface area contributed by atoms with Crippen molar-refractivity contribution in [3.8, 4) is 17.1 Å². The highest BCUT2D eigenvalue weighted by molar-refractivity contribution is 6.28. The molecule has 1 fully saturated rings. The minimum atomic E-state index is -2.05. The number of benzene rings is 3. The molecule has 4 atom stereocenters. The molecule has 0 saturated heterocycles. The van der Waals surface area contributed by atoms with Gasteiger partial charge in [-0.05, 0) is 85.9 Å². The van der Waals surface area contributed by atoms with Gasteiger partial charge >= 0.3 is 5.97 Å². The highest BCUT2D eigenvalue weighted by atomic mass is 19.1. The fourth-order valence-electron chi connectivity index (χ4n) is 15.2. The molecule has 139 heavy (non-hydrogen) atoms. The summed E-state index contributed by atoms with van der Waals surface area (Å²) in [5.74, 6) is -8.95. The first-order valence-corrected chi connectivity index (χ1v) is 46.7. The van der Waals surface area contributed by atoms with E-state index in [0.29, 0.717) is 203 Å². The van der Waals surface area contributed by atoms with E-state index in [1.807, 2.05) is 0 Å². The maximum atomic E-state index is 15.7. The van der Waals surface area contributed by atoms with Crippen LogP contribution in [0.1, 0.15) is 111 Å². The van der Waals surface area contributed by atoms with Crippen LogP contribution >= 0.6 is 0 Å². The monoisotopic (exact) mass is 1960 g/mol. The van der Waals surface area contributed by atoms with Gasteiger partial charge in [-0.1, -0.05) is 43.2 Å². The summed E-state index contributed by atoms with van der Waals surface area (Å²) in [5.41, 5.74) is 1.03. The Hall–Kier alpha value is -10.9. The quantitative estimate of drug-likeness (QED) is 0.0111. The second-order valence-corrected chi connectivity index (χ2v) is 32.6. The van der Waals surface area contributed by atoms with E-state index in [2.05, 4.69) is 42.5 Å². The second kappa shape index (κ2) is 60.3. The van der Waals surface area contributed by atoms with Crippen LogP contribution in [0.2, 0.25) is 0 Å². The Kier molecular flexibility index (Phi) is 47.8. The number of cyclic esters (lactones) is 1. The Balaban J connectivity index is 0.654. The minimum absolute atomic E-state index is 0.00286. The zero-order valence-corrected chi connectivity index (χ0v) is 79.2. The molecule has 0 spiro atoms. The summed E-state index contributed by atoms with van der Waals surface area (Å²) >= 11 is 0. The number of halogens is 1. The number of ether oxygens (including phenoxy) is 19. The lowest BCUT2D eigenvalue weighted by Crippen LogP contribution is -2.52. The van der Waals surface area contributed by atoms with E-state index < -0.39 is 127 Å². The number of aryl methyl sites for hydroxylation is 1. The Morgan fingerprint density at radius 1 is 0.540 bits per heavy atom. The zero-order chi connectivity index (χ0) is 98.9. The van der Waals surface area contributed by atoms with Gasteiger partial charge < -0.3 is 142 Å². The number of carbonyl (C=O) groups is 11. The normalized spacial score (nSPS) is 15.5. The number of carbonyl (C=O) groups excluding carboxylic acids is 11. The highest BCUT2D eigenvalue weighted by Gasteiger charge is 2.50. The maximum Gasteiger partial charge on any atom is 0.343 e. The van der Waals surface area contributed by atoms with Gasteiger partial charge in [0.15, 0.2) is 5.60 Å². The highest BCUT2D eigenvalue weighted by Crippen LogP contribution is 2.48. The molecule has 44 heteroatoms. The molecule has 2 aromatic heterocycles. The molecule has 5 heterocycles. The van der Waals surface area contributed by atoms with Crippen LogP contribution in [0.3, 0.4) is 0 Å². The number of nitrogens with zero attached hydrogens (tertiary/aromatic N) is 3. The fourth-order valence-corrected chi connectivity index (χ4v) is 15.2. The first-order chi connectivity index (χ1) is 67.6. The molecular weight excluding hydrogens is 1830 g/mol. The Morgan fingerprint density at radius 2 is 1.01 bits per heavy atom. The van der Waals surface area contributed by atoms with Crippen molar-refractivity contribution in [2.45, 2.75) is 102 Å². The maximum absolute atomic E-state index is 15.7. The van der Waals surface area contributed by atoms with Crippen LogP contribution < -0.4 is 57.7 Å². The molecule has 0 bridgehead atoms. The lowest BCUT2D eigenvalue weighted by atomic mass is 9.81. The van der Waals surface area contributed by atoms with Gasteiger partial charge in [-0.15, -0.1) is 0 Å². The van der Waals surface area contributed by atoms with E-state index in [9.17, 15) is 62.6 Å². The van der Waals surface area contributed by atoms with Gasteiger partial charge in [0.25, 0.3) is 29.2 Å². The number of fused-ring (bicyclic) bond motifs is 5. The summed E-state index contributed by atoms with van der Waals surface area (Å²) in [7, 11) is 3.22. The van der Waals surface area contributed by atoms with Crippen LogP contribution in [0.15, 0.2) is 71.5 Å². The molecule has 2 aliphatic carbocycles. The van der Waals surface area contributed by atoms with Gasteiger partial charge in [-0.25, -0.2) is 19.1 Å². The number of aromatic nitrogens is 2. The number of pyridine rings is 2. The molecule has 10 amide bonds. The van der Waals surface area contributed by atoms with E-state index in [1.54, 1.807) is 57.5 Å². The summed E-state index contributed by atoms with van der Waals surface area (Å²) in [6.45, 7) is 10.5. The van der Waals surface area contributed by atoms with E-state index in [4.69, 9.17) is 95.0 Å². The third-order valence-corrected chi connectivity index (χ3v) is 22.5. The zero-order valence-electron chi connectivity index (χ0n) is 79.2. The van der Waals surface area contributed by atoms with E-state index >= 15 is 4.39 Å². The third-order valence-electron chi connectivity index (χ3n) is 22.5. The summed E-state index contributed by atoms with van der Waals surface area (Å²) < 4.78 is 122. The van der Waals surface area contributed by atoms with Crippen LogP contribution in [0.4, 0.5) is 10.1 Å². The minimum Gasteiger partial charge on any atom is -0.492 e. The summed E-state index contributed by atoms with van der Waals surface area (Å²) in [5, 5.41) is 33.5. The fraction of sp³-hybridized carbons (Fsp3) is 0.589. The lowest BCUT2D eigenvalue weighted by Gasteiger charge is -2.32. The smallest absolute Gasteiger partial charge is 0.343 e. The van der Waals surface area contributed by atoms with E-state index in [1.165, 1.54) is 29.7 Å². The molecule has 3 aliphatic heterocycles. The predicted molar refractivity (Wildman–Crippen MR) is 493 cm³/mol. The van der Waals surface area contributed by atoms with Crippen molar-refractivity contribution >= 4 is 81.6 Å². The average molecular weight is 1960 g/mol. The van der Waals surface area contributed by atoms with E-state index in [0.717, 1.165) is 29.9 Å². The SMILES string of the molecule is COCCOCCOCCOCCOCCOCCOCCOCCNC(=O)c1cc(N2C(=O)C=CC2=O)cc(C(=O)NCCOCCOCCOCCOCCOCCOCCOCCOC)c1OCCCC(=O)NCC(=O)NCC(=O)N[C@@H](Cc1ccccc1)C(=O)NCC(=O)NCO[C@H](C)C(=O)N[C@H]1CCc2c(C)c(F)cc3nc4c(c1c23)Cn1c-4cc2c(c1=O)COC(=O)[C@]2(O)CC1CC1. The molecule has 9 N–H and O–H groups in total. The molecule has 3 aromatic carbocycles. The van der Waals surface area contributed by atoms with Crippen molar-refractivity contribution in [2.75, 3.05) is 263 Å². The molecule has 10 rings (SSSR count). The molecular formula is C95H130FN11O32. The number of amides is 10. The number of imide groups is 1. The van der Waals surface area contributed by atoms with Crippen molar-refractivity contribution in [1.29, 1.82) is 0 Å². The predicted octanol–water partition coefficient (Wildman–Crippen LogP) is 0.849. The van der Waals surface area contributed by atoms with Crippen molar-refractivity contribution in [3.63, 3.8) is 0 Å². The topological polar surface area (TPSA) is 518 Å². The summed E-state index contributed by atoms with van der Waals surface area (Å²) in [6, 6.07) is 12.0. The lowest BCUT2D eigenvalue weighted by molar-refractivity contribution is -0.173. The van der Waals surface area contributed by atoms with Crippen LogP contribution in [0, 0.1) is 18.7 Å². The number of methoxy groups -OCH3 is 2. The number of hydrogen-bond acceptors (Lipinski definition) is 33. The van der Waals surface area contributed by atoms with Gasteiger partial charge in [-0.3, -0.25) is 52.7 Å². The standard InChI is InChI=1S/C95H130FN11O32/c1-63-68-14-15-75(86-71-60-106-78(87(71)104-76(85(68)86)55-74(63)96)54-73-72(93(106)118)61-138-94(119)95(73,120)56-66-12-13-66)105-89(114)64(2)139-62-102-81(110)58-101-92(117)77(51-65-9-6-5-7-10-65)103-82(111)59-100-80(109)57-99-79(108)11-8-20-137-88-69(90(115)97-18-21-123-27-29-127-35-37-131-43-45-135-49-47-133-41-39-129-33-31-125-25-23-121-3)52-67(107-83(112)16-17-84(107)113)53-70(88)91(116)98-19-22-124-28-30-128-36-38-132-44-46-136-50-48-134-42-40-130-34-32-126-26-24-122-4/h5-7,9-10,16-17,52-55,64,66,75,77,120H,8,11-15,18-51,56-62H2,1-4H3,(H,97,115)(H,98,116)(H,99,108)(H,100,109)(H,101,117)(H,102,110)(H,103,111)(H,105,114)/t64-,75+,77+,95+/m1/s1. The van der Waals surface area contributed by atoms with Gasteiger partial charge in [0.2, 0.25) is 35.4 Å². The van der Waals surface area contributed by atoms with Gasteiger partial charge in [0, 0.05) is 74.9 Å². The van der Waals surface area contributed by atoms with Gasteiger partial charge in [0.1, 0.15) is 37.1 Å². The first-order valence-electron chi connectivity index (χ1n) is 46.7. The van der Waals surface area contributed by atoms with Crippen LogP contribution in [0.25, 0.3) is 22.3 Å². The number of rotatable bonds is 73. The van der Waals surface area contributed by atoms with Crippen molar-refractivity contribution in [1.82, 2.24) is 52.1 Å². The van der Waals surface area contributed by atoms with E-state index in [-0.39, 0.29) is 157 Å². The largest absolute Gasteiger partial charge is 0.492 e. The molecule has 5 aliphatic rings. The van der Waals surface area contributed by atoms with Crippen LogP contribution in [-0.2, 0) is 160 Å². The van der Waals surface area contributed by atoms with Gasteiger partial charge in [-0.2, -0.15) is 0 Å². The Bertz CT molecular complexity index is 4850. The number of anilines is 1. The summed E-state index contributed by atoms with van der Waals surface area (Å²) in [4.78, 5) is 169. The third kappa shape index (κ3) is 35.7. The molecule has 43 nitrogen and oxygen atoms in total. The second-order valence-electron chi connectivity index (χ2n) is 32.6. The summed E-state index contributed by atoms with van der Waals surface area (Å²) in [6.07, 6.45) is 2.92. The number of aliphatic hydroxyl groups is 1. The Morgan fingerprint density at radius 3 is 1.52 bits per heavy atom. The average Bonchev–Trinajstić information content (AvgIpc) is 1.55. The number of esters is 1. The van der Waals surface area contributed by atoms with Crippen LogP contribution in [-0.4, -0.2) is 350 Å². The molecule has 0 radical (unpaired) electrons. The molecule has 5 aromatic rings. The molecule has 0 unspecified atom stereocenters. The first kappa shape index (κ1) is 110. The van der Waals surface area contributed by atoms with Crippen LogP contribution in [0.5, 0.6) is 5.75 Å². The van der Waals surface area contributed by atoms with Gasteiger partial charge in [0.05, 0.1) is 276 Å². The number of hydrogen-bond donors (Lipinski definition) is 9. The van der Waals surface area contributed by atoms with Crippen molar-refractivity contribution in [3.05, 3.63) is 133 Å².